The molecule has 0 atom stereocenters. The largest absolute Gasteiger partial charge is 3.00 e. The summed E-state index contributed by atoms with van der Waals surface area (Å²) in [5, 5.41) is 0. The predicted molar refractivity (Wildman–Crippen MR) is 176 cm³/mol. The van der Waals surface area contributed by atoms with Gasteiger partial charge in [-0.2, -0.15) is 0 Å². The van der Waals surface area contributed by atoms with Crippen molar-refractivity contribution in [3.63, 3.8) is 0 Å². The Morgan fingerprint density at radius 2 is 0.875 bits per heavy atom. The molecule has 48 heavy (non-hydrogen) atoms. The van der Waals surface area contributed by atoms with Gasteiger partial charge in [0.05, 0.1) is 11.4 Å². The van der Waals surface area contributed by atoms with E-state index in [9.17, 15) is 25.2 Å². The van der Waals surface area contributed by atoms with Crippen LogP contribution in [0.4, 0.5) is 36.6 Å². The summed E-state index contributed by atoms with van der Waals surface area (Å²) in [6.45, 7) is 3.84. The van der Waals surface area contributed by atoms with Gasteiger partial charge < -0.3 is 21.4 Å². The molecule has 0 aliphatic heterocycles. The molecule has 0 radical (unpaired) electrons. The van der Waals surface area contributed by atoms with Gasteiger partial charge >= 0.3 is 53.1 Å². The normalized spacial score (nSPS) is 11.7. The summed E-state index contributed by atoms with van der Waals surface area (Å²) in [5.41, 5.74) is 20.5. The fourth-order valence-corrected chi connectivity index (χ4v) is 3.51. The van der Waals surface area contributed by atoms with Crippen molar-refractivity contribution in [3.05, 3.63) is 145 Å². The van der Waals surface area contributed by atoms with Crippen LogP contribution < -0.4 is 11.5 Å². The number of aryl methyl sites for hydroxylation is 2. The Morgan fingerprint density at radius 1 is 0.521 bits per heavy atom. The van der Waals surface area contributed by atoms with E-state index in [0.717, 1.165) is 45.0 Å². The molecule has 6 rings (SSSR count). The summed E-state index contributed by atoms with van der Waals surface area (Å²) < 4.78 is 59.2. The smallest absolute Gasteiger partial charge is 0.305 e. The van der Waals surface area contributed by atoms with Crippen molar-refractivity contribution < 1.29 is 45.3 Å². The van der Waals surface area contributed by atoms with Crippen LogP contribution in [0, 0.1) is 26.0 Å². The van der Waals surface area contributed by atoms with Gasteiger partial charge in [0.15, 0.2) is 0 Å². The third kappa shape index (κ3) is 15.7. The zero-order valence-corrected chi connectivity index (χ0v) is 28.8. The molecule has 0 saturated carbocycles. The minimum Gasteiger partial charge on any atom is -0.305 e. The minimum atomic E-state index is -10.7. The van der Waals surface area contributed by atoms with Crippen LogP contribution in [0.25, 0.3) is 33.9 Å². The maximum Gasteiger partial charge on any atom is 3.00 e. The van der Waals surface area contributed by atoms with Gasteiger partial charge in [0, 0.05) is 36.2 Å². The van der Waals surface area contributed by atoms with Gasteiger partial charge in [-0.05, 0) is 60.6 Å². The van der Waals surface area contributed by atoms with E-state index >= 15 is 0 Å². The van der Waals surface area contributed by atoms with Crippen molar-refractivity contribution in [1.82, 2.24) is 19.9 Å². The molecule has 0 saturated heterocycles. The maximum absolute atomic E-state index is 10.7. The van der Waals surface area contributed by atoms with Gasteiger partial charge in [0.1, 0.15) is 0 Å². The number of nitrogen functional groups attached to an aromatic ring is 2. The van der Waals surface area contributed by atoms with Crippen molar-refractivity contribution in [2.75, 3.05) is 11.5 Å². The van der Waals surface area contributed by atoms with Crippen molar-refractivity contribution in [2.45, 2.75) is 13.8 Å². The number of hydrogen-bond donors (Lipinski definition) is 2. The molecular weight excluding hydrogens is 830 g/mol. The molecule has 0 unspecified atom stereocenters. The molecule has 6 nitrogen and oxygen atoms in total. The number of anilines is 2. The van der Waals surface area contributed by atoms with Crippen molar-refractivity contribution in [3.8, 4) is 33.9 Å². The quantitative estimate of drug-likeness (QED) is 0.104. The number of aromatic nitrogens is 4. The first-order chi connectivity index (χ1) is 22.0. The number of halogens is 6. The Bertz CT molecular complexity index is 1640. The standard InChI is InChI=1S/C12H14N4.2C11H8N.F6P.Ir/c1-7-5-15-11(3-9(7)13)12-4-10(14)8(2)6-16-12;2*1-2-6-10(7-3-1)11-8-4-5-9-12-11;1-7(2,3,4,5)6;/h3-6H,1-2H3,(H2,13,15)(H2,14,16);2*1-6,8-9H;;/q;3*-1;+3. The molecule has 4 aromatic heterocycles. The Labute approximate surface area is 287 Å². The zero-order valence-electron chi connectivity index (χ0n) is 25.5. The average molecular weight is 860 g/mol. The van der Waals surface area contributed by atoms with Crippen LogP contribution in [0.1, 0.15) is 11.1 Å². The van der Waals surface area contributed by atoms with Gasteiger partial charge in [-0.1, -0.05) is 24.3 Å². The fraction of sp³-hybridized carbons (Fsp3) is 0.0588. The maximum atomic E-state index is 9.87. The summed E-state index contributed by atoms with van der Waals surface area (Å²) in [6.07, 6.45) is 7.05. The van der Waals surface area contributed by atoms with Gasteiger partial charge in [-0.3, -0.25) is 9.97 Å². The molecule has 0 amide bonds. The van der Waals surface area contributed by atoms with Crippen molar-refractivity contribution in [2.24, 2.45) is 0 Å². The zero-order chi connectivity index (χ0) is 34.6. The third-order valence-corrected chi connectivity index (χ3v) is 5.85. The summed E-state index contributed by atoms with van der Waals surface area (Å²) in [7, 11) is -10.7. The number of rotatable bonds is 3. The van der Waals surface area contributed by atoms with Crippen LogP contribution in [0.5, 0.6) is 0 Å². The van der Waals surface area contributed by atoms with Crippen LogP contribution in [0.15, 0.2) is 122 Å². The Hall–Kier alpha value is -4.70. The van der Waals surface area contributed by atoms with E-state index in [1.165, 1.54) is 0 Å². The first kappa shape index (κ1) is 39.5. The average Bonchev–Trinajstić information content (AvgIpc) is 3.05. The fourth-order valence-electron chi connectivity index (χ4n) is 3.51. The van der Waals surface area contributed by atoms with E-state index in [4.69, 9.17) is 11.5 Å². The monoisotopic (exact) mass is 860 g/mol. The van der Waals surface area contributed by atoms with Crippen LogP contribution in [-0.2, 0) is 20.1 Å². The Kier molecular flexibility index (Phi) is 13.5. The van der Waals surface area contributed by atoms with E-state index in [2.05, 4.69) is 32.1 Å². The minimum absolute atomic E-state index is 0. The van der Waals surface area contributed by atoms with Crippen molar-refractivity contribution >= 4 is 19.2 Å². The molecular formula is C34H30F6IrN6P. The van der Waals surface area contributed by atoms with E-state index in [1.54, 1.807) is 24.8 Å². The Balaban J connectivity index is 0.000000229. The van der Waals surface area contributed by atoms with Gasteiger partial charge in [-0.25, -0.2) is 0 Å². The summed E-state index contributed by atoms with van der Waals surface area (Å²) in [4.78, 5) is 17.0. The van der Waals surface area contributed by atoms with Gasteiger partial charge in [0.2, 0.25) is 0 Å². The number of nitrogens with two attached hydrogens (primary N) is 2. The van der Waals surface area contributed by atoms with E-state index in [0.29, 0.717) is 11.4 Å². The second-order valence-corrected chi connectivity index (χ2v) is 11.7. The van der Waals surface area contributed by atoms with Crippen LogP contribution >= 0.6 is 7.81 Å². The van der Waals surface area contributed by atoms with Crippen LogP contribution in [0.3, 0.4) is 0 Å². The van der Waals surface area contributed by atoms with Gasteiger partial charge in [0.25, 0.3) is 0 Å². The van der Waals surface area contributed by atoms with E-state index in [1.807, 2.05) is 111 Å². The van der Waals surface area contributed by atoms with Crippen LogP contribution in [-0.4, -0.2) is 19.9 Å². The molecule has 0 aliphatic carbocycles. The van der Waals surface area contributed by atoms with Gasteiger partial charge in [-0.15, -0.1) is 71.8 Å². The summed E-state index contributed by atoms with van der Waals surface area (Å²) in [5.74, 6) is 0. The summed E-state index contributed by atoms with van der Waals surface area (Å²) >= 11 is 0. The topological polar surface area (TPSA) is 104 Å². The van der Waals surface area contributed by atoms with Crippen molar-refractivity contribution in [1.29, 1.82) is 0 Å². The first-order valence-corrected chi connectivity index (χ1v) is 15.8. The molecule has 0 bridgehead atoms. The number of pyridine rings is 4. The molecule has 14 heteroatoms. The number of benzene rings is 2. The molecule has 2 aromatic carbocycles. The molecule has 4 heterocycles. The van der Waals surface area contributed by atoms with E-state index < -0.39 is 7.81 Å². The molecule has 252 valence electrons. The van der Waals surface area contributed by atoms with E-state index in [-0.39, 0.29) is 20.1 Å². The summed E-state index contributed by atoms with van der Waals surface area (Å²) in [6, 6.07) is 37.3. The Morgan fingerprint density at radius 3 is 1.15 bits per heavy atom. The molecule has 0 fully saturated rings. The second kappa shape index (κ2) is 16.4. The molecule has 6 aromatic rings. The first-order valence-electron chi connectivity index (χ1n) is 13.7. The third-order valence-electron chi connectivity index (χ3n) is 5.85. The predicted octanol–water partition coefficient (Wildman–Crippen LogP) is 10.4. The number of hydrogen-bond acceptors (Lipinski definition) is 6. The molecule has 0 spiro atoms. The molecule has 4 N–H and O–H groups in total. The molecule has 0 aliphatic rings. The number of nitrogens with zero attached hydrogens (tertiary/aromatic N) is 4. The van der Waals surface area contributed by atoms with Crippen LogP contribution in [0.2, 0.25) is 0 Å². The SMILES string of the molecule is Cc1cnc(-c2cc(N)c(C)cn2)cc1N.F[P-](F)(F)(F)(F)F.[Ir+3].[c-]1ccccc1-c1ccccn1.[c-]1ccccc1-c1ccccn1. The second-order valence-electron chi connectivity index (χ2n) is 9.79.